The second-order valence-electron chi connectivity index (χ2n) is 5.42. The Kier molecular flexibility index (Phi) is 4.60. The minimum absolute atomic E-state index is 0.0510. The third-order valence-electron chi connectivity index (χ3n) is 3.84. The average Bonchev–Trinajstić information content (AvgIpc) is 2.91. The zero-order valence-corrected chi connectivity index (χ0v) is 13.8. The van der Waals surface area contributed by atoms with E-state index in [2.05, 4.69) is 5.32 Å². The Bertz CT molecular complexity index is 846. The van der Waals surface area contributed by atoms with Crippen molar-refractivity contribution >= 4 is 23.1 Å². The standard InChI is InChI=1S/C18H13F4NOS/c1-23-17-14(12-9-11(18(20,21)22)7-8-13(12)19)15(24)16(25-17)10-5-3-2-4-6-10/h2-9,16,23H,1H3. The van der Waals surface area contributed by atoms with Crippen LogP contribution in [-0.4, -0.2) is 12.8 Å². The van der Waals surface area contributed by atoms with Crippen molar-refractivity contribution in [3.63, 3.8) is 0 Å². The number of carbonyl (C=O) groups is 1. The number of nitrogens with one attached hydrogen (secondary N) is 1. The van der Waals surface area contributed by atoms with Gasteiger partial charge in [0, 0.05) is 12.6 Å². The Hall–Kier alpha value is -2.28. The summed E-state index contributed by atoms with van der Waals surface area (Å²) in [5.74, 6) is -1.28. The average molecular weight is 367 g/mol. The van der Waals surface area contributed by atoms with Crippen LogP contribution in [0.25, 0.3) is 5.57 Å². The molecule has 1 heterocycles. The van der Waals surface area contributed by atoms with Crippen molar-refractivity contribution in [3.05, 3.63) is 76.1 Å². The fourth-order valence-electron chi connectivity index (χ4n) is 2.65. The molecule has 1 atom stereocenters. The van der Waals surface area contributed by atoms with Crippen molar-refractivity contribution in [2.75, 3.05) is 7.05 Å². The van der Waals surface area contributed by atoms with Gasteiger partial charge < -0.3 is 5.32 Å². The molecule has 130 valence electrons. The van der Waals surface area contributed by atoms with E-state index in [4.69, 9.17) is 0 Å². The van der Waals surface area contributed by atoms with Gasteiger partial charge in [-0.05, 0) is 23.8 Å². The van der Waals surface area contributed by atoms with E-state index in [1.165, 1.54) is 11.8 Å². The Morgan fingerprint density at radius 1 is 1.08 bits per heavy atom. The van der Waals surface area contributed by atoms with Gasteiger partial charge in [0.1, 0.15) is 5.82 Å². The normalized spacial score (nSPS) is 18.0. The topological polar surface area (TPSA) is 29.1 Å². The highest BCUT2D eigenvalue weighted by molar-refractivity contribution is 8.04. The summed E-state index contributed by atoms with van der Waals surface area (Å²) in [5, 5.41) is 2.54. The highest BCUT2D eigenvalue weighted by Crippen LogP contribution is 2.48. The minimum atomic E-state index is -4.61. The monoisotopic (exact) mass is 367 g/mol. The first-order valence-electron chi connectivity index (χ1n) is 7.38. The lowest BCUT2D eigenvalue weighted by atomic mass is 9.95. The second kappa shape index (κ2) is 6.55. The first-order valence-corrected chi connectivity index (χ1v) is 8.26. The number of halogens is 4. The van der Waals surface area contributed by atoms with Crippen LogP contribution in [0.3, 0.4) is 0 Å². The molecule has 0 saturated heterocycles. The van der Waals surface area contributed by atoms with Crippen molar-refractivity contribution in [1.82, 2.24) is 5.32 Å². The second-order valence-corrected chi connectivity index (χ2v) is 6.53. The SMILES string of the molecule is CNC1=C(c2cc(C(F)(F)F)ccc2F)C(=O)C(c2ccccc2)S1. The van der Waals surface area contributed by atoms with Crippen molar-refractivity contribution < 1.29 is 22.4 Å². The molecule has 2 aromatic rings. The number of allylic oxidation sites excluding steroid dienone is 1. The molecule has 25 heavy (non-hydrogen) atoms. The van der Waals surface area contributed by atoms with Crippen LogP contribution in [0.4, 0.5) is 17.6 Å². The van der Waals surface area contributed by atoms with Crippen LogP contribution in [0.5, 0.6) is 0 Å². The van der Waals surface area contributed by atoms with Gasteiger partial charge in [-0.25, -0.2) is 4.39 Å². The van der Waals surface area contributed by atoms with Gasteiger partial charge in [-0.2, -0.15) is 13.2 Å². The summed E-state index contributed by atoms with van der Waals surface area (Å²) in [4.78, 5) is 12.8. The maximum Gasteiger partial charge on any atom is 0.416 e. The summed E-state index contributed by atoms with van der Waals surface area (Å²) in [6, 6.07) is 11.0. The van der Waals surface area contributed by atoms with E-state index in [1.54, 1.807) is 37.4 Å². The summed E-state index contributed by atoms with van der Waals surface area (Å²) in [6.45, 7) is 0. The maximum atomic E-state index is 14.2. The molecule has 0 saturated carbocycles. The molecule has 1 N–H and O–H groups in total. The van der Waals surface area contributed by atoms with Crippen molar-refractivity contribution in [3.8, 4) is 0 Å². The fourth-order valence-corrected chi connectivity index (χ4v) is 3.85. The molecule has 7 heteroatoms. The number of alkyl halides is 3. The van der Waals surface area contributed by atoms with Gasteiger partial charge in [0.05, 0.1) is 21.4 Å². The van der Waals surface area contributed by atoms with Gasteiger partial charge in [-0.1, -0.05) is 42.1 Å². The summed E-state index contributed by atoms with van der Waals surface area (Å²) < 4.78 is 53.1. The maximum absolute atomic E-state index is 14.2. The van der Waals surface area contributed by atoms with Gasteiger partial charge >= 0.3 is 6.18 Å². The third-order valence-corrected chi connectivity index (χ3v) is 5.21. The molecule has 0 bridgehead atoms. The highest BCUT2D eigenvalue weighted by atomic mass is 32.2. The number of carbonyl (C=O) groups excluding carboxylic acids is 1. The first-order chi connectivity index (χ1) is 11.8. The Labute approximate surface area is 145 Å². The predicted octanol–water partition coefficient (Wildman–Crippen LogP) is 4.79. The molecular formula is C18H13F4NOS. The summed E-state index contributed by atoms with van der Waals surface area (Å²) in [7, 11) is 1.55. The lowest BCUT2D eigenvalue weighted by Gasteiger charge is -2.11. The van der Waals surface area contributed by atoms with Crippen LogP contribution < -0.4 is 5.32 Å². The van der Waals surface area contributed by atoms with E-state index in [0.717, 1.165) is 6.07 Å². The fraction of sp³-hybridized carbons (Fsp3) is 0.167. The van der Waals surface area contributed by atoms with Crippen LogP contribution in [0.15, 0.2) is 53.6 Å². The largest absolute Gasteiger partial charge is 0.416 e. The van der Waals surface area contributed by atoms with Crippen LogP contribution in [-0.2, 0) is 11.0 Å². The number of ketones is 1. The number of benzene rings is 2. The molecular weight excluding hydrogens is 354 g/mol. The number of Topliss-reactive ketones (excluding diaryl/α,β-unsaturated/α-hetero) is 1. The molecule has 0 aliphatic carbocycles. The van der Waals surface area contributed by atoms with E-state index in [1.807, 2.05) is 0 Å². The number of hydrogen-bond donors (Lipinski definition) is 1. The van der Waals surface area contributed by atoms with Gasteiger partial charge in [0.2, 0.25) is 0 Å². The van der Waals surface area contributed by atoms with E-state index < -0.39 is 28.6 Å². The van der Waals surface area contributed by atoms with E-state index in [9.17, 15) is 22.4 Å². The Morgan fingerprint density at radius 2 is 1.76 bits per heavy atom. The van der Waals surface area contributed by atoms with Crippen LogP contribution >= 0.6 is 11.8 Å². The molecule has 3 rings (SSSR count). The number of rotatable bonds is 3. The molecule has 0 fully saturated rings. The Balaban J connectivity index is 2.08. The zero-order valence-electron chi connectivity index (χ0n) is 13.0. The lowest BCUT2D eigenvalue weighted by molar-refractivity contribution is -0.137. The van der Waals surface area contributed by atoms with Crippen LogP contribution in [0.1, 0.15) is 21.9 Å². The summed E-state index contributed by atoms with van der Waals surface area (Å²) in [5.41, 5.74) is -0.666. The van der Waals surface area contributed by atoms with E-state index >= 15 is 0 Å². The van der Waals surface area contributed by atoms with Crippen molar-refractivity contribution in [2.45, 2.75) is 11.4 Å². The molecule has 0 amide bonds. The van der Waals surface area contributed by atoms with Gasteiger partial charge in [-0.3, -0.25) is 4.79 Å². The van der Waals surface area contributed by atoms with Crippen molar-refractivity contribution in [1.29, 1.82) is 0 Å². The summed E-state index contributed by atoms with van der Waals surface area (Å²) >= 11 is 1.17. The Morgan fingerprint density at radius 3 is 2.36 bits per heavy atom. The van der Waals surface area contributed by atoms with Gasteiger partial charge in [0.25, 0.3) is 0 Å². The molecule has 2 nitrogen and oxygen atoms in total. The molecule has 0 aromatic heterocycles. The molecule has 0 radical (unpaired) electrons. The van der Waals surface area contributed by atoms with Crippen LogP contribution in [0, 0.1) is 5.82 Å². The third kappa shape index (κ3) is 3.28. The first kappa shape index (κ1) is 17.5. The lowest BCUT2D eigenvalue weighted by Crippen LogP contribution is -2.11. The smallest absolute Gasteiger partial charge is 0.382 e. The predicted molar refractivity (Wildman–Crippen MR) is 89.2 cm³/mol. The molecule has 2 aromatic carbocycles. The minimum Gasteiger partial charge on any atom is -0.382 e. The number of thioether (sulfide) groups is 1. The molecule has 1 aliphatic heterocycles. The zero-order chi connectivity index (χ0) is 18.2. The van der Waals surface area contributed by atoms with Gasteiger partial charge in [-0.15, -0.1) is 0 Å². The van der Waals surface area contributed by atoms with Crippen LogP contribution in [0.2, 0.25) is 0 Å². The molecule has 1 unspecified atom stereocenters. The molecule has 0 spiro atoms. The highest BCUT2D eigenvalue weighted by Gasteiger charge is 2.38. The van der Waals surface area contributed by atoms with Gasteiger partial charge in [0.15, 0.2) is 5.78 Å². The van der Waals surface area contributed by atoms with Crippen molar-refractivity contribution in [2.24, 2.45) is 0 Å². The van der Waals surface area contributed by atoms with E-state index in [-0.39, 0.29) is 11.1 Å². The summed E-state index contributed by atoms with van der Waals surface area (Å²) in [6.07, 6.45) is -4.61. The van der Waals surface area contributed by atoms with E-state index in [0.29, 0.717) is 22.7 Å². The quantitative estimate of drug-likeness (QED) is 0.791. The number of hydrogen-bond acceptors (Lipinski definition) is 3. The molecule has 1 aliphatic rings.